The maximum Gasteiger partial charge on any atom is 0.185 e. The van der Waals surface area contributed by atoms with E-state index in [0.717, 1.165) is 15.3 Å². The van der Waals surface area contributed by atoms with Gasteiger partial charge >= 0.3 is 0 Å². The van der Waals surface area contributed by atoms with Gasteiger partial charge in [0.05, 0.1) is 4.90 Å². The summed E-state index contributed by atoms with van der Waals surface area (Å²) in [5, 5.41) is 0. The van der Waals surface area contributed by atoms with Crippen LogP contribution in [0.1, 0.15) is 25.7 Å². The fourth-order valence-corrected chi connectivity index (χ4v) is 4.15. The van der Waals surface area contributed by atoms with E-state index < -0.39 is 15.6 Å². The molecule has 0 unspecified atom stereocenters. The van der Waals surface area contributed by atoms with Crippen LogP contribution in [0.5, 0.6) is 0 Å². The fraction of sp³-hybridized carbons (Fsp3) is 0.267. The number of Topliss-reactive ketones (excluding diaryl/α,β-unsaturated/α-hetero) is 1. The molecule has 20 heavy (non-hydrogen) atoms. The average Bonchev–Trinajstić information content (AvgIpc) is 2.68. The van der Waals surface area contributed by atoms with Crippen molar-refractivity contribution in [1.29, 1.82) is 0 Å². The smallest absolute Gasteiger partial charge is 0.185 e. The van der Waals surface area contributed by atoms with Crippen LogP contribution < -0.4 is 0 Å². The molecule has 0 aliphatic carbocycles. The Hall–Kier alpha value is -1.46. The lowest BCUT2D eigenvalue weighted by Crippen LogP contribution is -2.16. The third kappa shape index (κ3) is 3.16. The fourth-order valence-electron chi connectivity index (χ4n) is 1.99. The molecule has 0 aliphatic rings. The summed E-state index contributed by atoms with van der Waals surface area (Å²) >= 11 is 1.51. The van der Waals surface area contributed by atoms with Gasteiger partial charge in [-0.05, 0) is 39.0 Å². The zero-order valence-electron chi connectivity index (χ0n) is 11.6. The molecule has 1 heterocycles. The molecule has 0 bridgehead atoms. The van der Waals surface area contributed by atoms with Gasteiger partial charge < -0.3 is 0 Å². The molecule has 0 radical (unpaired) electrons. The van der Waals surface area contributed by atoms with E-state index in [0.29, 0.717) is 5.56 Å². The zero-order valence-corrected chi connectivity index (χ0v) is 13.3. The standard InChI is InChI=1S/C15H16O3S2/c1-10-4-6-13(7-5-10)20(17,18)9-15(16)14-8-11(2)19-12(14)3/h4-8H,9H2,1-3H3. The summed E-state index contributed by atoms with van der Waals surface area (Å²) in [6, 6.07) is 8.31. The molecule has 0 aliphatic heterocycles. The van der Waals surface area contributed by atoms with Gasteiger partial charge in [0.2, 0.25) is 0 Å². The van der Waals surface area contributed by atoms with Gasteiger partial charge in [-0.15, -0.1) is 11.3 Å². The number of rotatable bonds is 4. The van der Waals surface area contributed by atoms with Crippen LogP contribution in [-0.2, 0) is 9.84 Å². The SMILES string of the molecule is Cc1ccc(S(=O)(=O)CC(=O)c2cc(C)sc2C)cc1. The van der Waals surface area contributed by atoms with E-state index in [9.17, 15) is 13.2 Å². The molecule has 0 spiro atoms. The number of thiophene rings is 1. The van der Waals surface area contributed by atoms with E-state index in [4.69, 9.17) is 0 Å². The van der Waals surface area contributed by atoms with Crippen molar-refractivity contribution >= 4 is 27.0 Å². The summed E-state index contributed by atoms with van der Waals surface area (Å²) in [4.78, 5) is 14.2. The summed E-state index contributed by atoms with van der Waals surface area (Å²) in [5.74, 6) is -0.819. The minimum Gasteiger partial charge on any atom is -0.293 e. The second-order valence-electron chi connectivity index (χ2n) is 4.82. The van der Waals surface area contributed by atoms with Crippen LogP contribution in [0.3, 0.4) is 0 Å². The Kier molecular flexibility index (Phi) is 4.11. The zero-order chi connectivity index (χ0) is 14.9. The largest absolute Gasteiger partial charge is 0.293 e. The number of carbonyl (C=O) groups excluding carboxylic acids is 1. The van der Waals surface area contributed by atoms with E-state index in [-0.39, 0.29) is 10.7 Å². The first-order chi connectivity index (χ1) is 9.29. The Morgan fingerprint density at radius 2 is 1.70 bits per heavy atom. The number of aryl methyl sites for hydroxylation is 3. The summed E-state index contributed by atoms with van der Waals surface area (Å²) in [6.07, 6.45) is 0. The van der Waals surface area contributed by atoms with Crippen molar-refractivity contribution in [3.05, 3.63) is 51.2 Å². The first kappa shape index (κ1) is 14.9. The summed E-state index contributed by atoms with van der Waals surface area (Å²) in [7, 11) is -3.58. The Balaban J connectivity index is 2.26. The van der Waals surface area contributed by atoms with Crippen LogP contribution in [-0.4, -0.2) is 20.0 Å². The molecule has 0 fully saturated rings. The van der Waals surface area contributed by atoms with Gasteiger partial charge in [0.15, 0.2) is 15.6 Å². The van der Waals surface area contributed by atoms with Gasteiger partial charge in [-0.25, -0.2) is 8.42 Å². The number of hydrogen-bond acceptors (Lipinski definition) is 4. The highest BCUT2D eigenvalue weighted by Gasteiger charge is 2.22. The first-order valence-electron chi connectivity index (χ1n) is 6.19. The lowest BCUT2D eigenvalue weighted by atomic mass is 10.2. The Bertz CT molecular complexity index is 738. The topological polar surface area (TPSA) is 51.2 Å². The molecule has 0 N–H and O–H groups in total. The van der Waals surface area contributed by atoms with Crippen LogP contribution in [0.25, 0.3) is 0 Å². The molecule has 2 rings (SSSR count). The number of benzene rings is 1. The van der Waals surface area contributed by atoms with Crippen molar-refractivity contribution < 1.29 is 13.2 Å². The number of sulfone groups is 1. The van der Waals surface area contributed by atoms with Crippen molar-refractivity contribution in [2.45, 2.75) is 25.7 Å². The van der Waals surface area contributed by atoms with Gasteiger partial charge in [-0.3, -0.25) is 4.79 Å². The average molecular weight is 308 g/mol. The molecule has 0 saturated carbocycles. The minimum absolute atomic E-state index is 0.195. The third-order valence-electron chi connectivity index (χ3n) is 3.04. The van der Waals surface area contributed by atoms with E-state index >= 15 is 0 Å². The Labute approximate surface area is 123 Å². The van der Waals surface area contributed by atoms with Crippen LogP contribution >= 0.6 is 11.3 Å². The Morgan fingerprint density at radius 1 is 1.10 bits per heavy atom. The van der Waals surface area contributed by atoms with Crippen LogP contribution in [0, 0.1) is 20.8 Å². The highest BCUT2D eigenvalue weighted by molar-refractivity contribution is 7.92. The van der Waals surface area contributed by atoms with Crippen LogP contribution in [0.2, 0.25) is 0 Å². The summed E-state index contributed by atoms with van der Waals surface area (Å²) < 4.78 is 24.5. The molecule has 0 atom stereocenters. The lowest BCUT2D eigenvalue weighted by molar-refractivity contribution is 0.102. The first-order valence-corrected chi connectivity index (χ1v) is 8.66. The minimum atomic E-state index is -3.58. The monoisotopic (exact) mass is 308 g/mol. The highest BCUT2D eigenvalue weighted by Crippen LogP contribution is 2.22. The summed E-state index contributed by atoms with van der Waals surface area (Å²) in [6.45, 7) is 5.63. The predicted octanol–water partition coefficient (Wildman–Crippen LogP) is 3.33. The molecule has 3 nitrogen and oxygen atoms in total. The quantitative estimate of drug-likeness (QED) is 0.814. The Morgan fingerprint density at radius 3 is 2.20 bits per heavy atom. The van der Waals surface area contributed by atoms with Gasteiger partial charge in [-0.2, -0.15) is 0 Å². The third-order valence-corrected chi connectivity index (χ3v) is 5.64. The van der Waals surface area contributed by atoms with Gasteiger partial charge in [-0.1, -0.05) is 17.7 Å². The normalized spacial score (nSPS) is 11.6. The van der Waals surface area contributed by atoms with Crippen LogP contribution in [0.15, 0.2) is 35.2 Å². The summed E-state index contributed by atoms with van der Waals surface area (Å²) in [5.41, 5.74) is 1.50. The molecule has 1 aromatic heterocycles. The highest BCUT2D eigenvalue weighted by atomic mass is 32.2. The van der Waals surface area contributed by atoms with Crippen molar-refractivity contribution in [1.82, 2.24) is 0 Å². The van der Waals surface area contributed by atoms with Crippen molar-refractivity contribution in [3.8, 4) is 0 Å². The second kappa shape index (κ2) is 5.50. The van der Waals surface area contributed by atoms with E-state index in [1.165, 1.54) is 11.3 Å². The van der Waals surface area contributed by atoms with E-state index in [2.05, 4.69) is 0 Å². The van der Waals surface area contributed by atoms with Gasteiger partial charge in [0.1, 0.15) is 5.75 Å². The van der Waals surface area contributed by atoms with Crippen molar-refractivity contribution in [2.24, 2.45) is 0 Å². The molecule has 5 heteroatoms. The predicted molar refractivity (Wildman–Crippen MR) is 81.4 cm³/mol. The molecule has 106 valence electrons. The van der Waals surface area contributed by atoms with Crippen molar-refractivity contribution in [3.63, 3.8) is 0 Å². The number of ketones is 1. The van der Waals surface area contributed by atoms with Crippen molar-refractivity contribution in [2.75, 3.05) is 5.75 Å². The van der Waals surface area contributed by atoms with Gasteiger partial charge in [0.25, 0.3) is 0 Å². The number of carbonyl (C=O) groups is 1. The second-order valence-corrected chi connectivity index (χ2v) is 8.27. The van der Waals surface area contributed by atoms with E-state index in [1.54, 1.807) is 30.3 Å². The molecule has 0 amide bonds. The molecule has 2 aromatic rings. The maximum atomic E-state index is 12.2. The van der Waals surface area contributed by atoms with Crippen LogP contribution in [0.4, 0.5) is 0 Å². The molecule has 0 saturated heterocycles. The molecular formula is C15H16O3S2. The molecule has 1 aromatic carbocycles. The molecular weight excluding hydrogens is 292 g/mol. The van der Waals surface area contributed by atoms with E-state index in [1.807, 2.05) is 20.8 Å². The van der Waals surface area contributed by atoms with Gasteiger partial charge in [0, 0.05) is 15.3 Å². The lowest BCUT2D eigenvalue weighted by Gasteiger charge is -2.04. The number of hydrogen-bond donors (Lipinski definition) is 0. The maximum absolute atomic E-state index is 12.2.